The fourth-order valence-corrected chi connectivity index (χ4v) is 2.18. The molecule has 1 aromatic carbocycles. The van der Waals surface area contributed by atoms with Crippen LogP contribution in [-0.4, -0.2) is 10.9 Å². The number of halogens is 1. The summed E-state index contributed by atoms with van der Waals surface area (Å²) in [4.78, 5) is 17.7. The summed E-state index contributed by atoms with van der Waals surface area (Å²) in [6.45, 7) is 1.28. The first-order valence-corrected chi connectivity index (χ1v) is 5.66. The Bertz CT molecular complexity index is 610. The quantitative estimate of drug-likeness (QED) is 0.770. The maximum absolute atomic E-state index is 14.5. The molecule has 1 aliphatic heterocycles. The van der Waals surface area contributed by atoms with Crippen LogP contribution in [0.25, 0.3) is 0 Å². The van der Waals surface area contributed by atoms with Crippen molar-refractivity contribution in [2.75, 3.05) is 4.90 Å². The molecule has 4 heteroatoms. The van der Waals surface area contributed by atoms with Crippen LogP contribution in [0.2, 0.25) is 0 Å². The molecule has 0 aliphatic carbocycles. The van der Waals surface area contributed by atoms with Crippen LogP contribution in [0, 0.1) is 0 Å². The Balaban J connectivity index is 2.21. The number of carbonyl (C=O) groups excluding carboxylic acids is 1. The van der Waals surface area contributed by atoms with E-state index in [9.17, 15) is 9.18 Å². The first-order valence-electron chi connectivity index (χ1n) is 5.66. The summed E-state index contributed by atoms with van der Waals surface area (Å²) in [6, 6.07) is 12.2. The molecule has 1 amide bonds. The van der Waals surface area contributed by atoms with Gasteiger partial charge in [0.25, 0.3) is 5.91 Å². The average Bonchev–Trinajstić information content (AvgIpc) is 2.60. The Morgan fingerprint density at radius 3 is 2.61 bits per heavy atom. The molecule has 0 saturated carbocycles. The van der Waals surface area contributed by atoms with Crippen LogP contribution in [-0.2, 0) is 10.5 Å². The van der Waals surface area contributed by atoms with Gasteiger partial charge in [0.2, 0.25) is 5.67 Å². The minimum atomic E-state index is -2.01. The highest BCUT2D eigenvalue weighted by Gasteiger charge is 2.49. The van der Waals surface area contributed by atoms with Gasteiger partial charge in [0.05, 0.1) is 5.69 Å². The minimum Gasteiger partial charge on any atom is -0.270 e. The summed E-state index contributed by atoms with van der Waals surface area (Å²) in [7, 11) is 0. The lowest BCUT2D eigenvalue weighted by Crippen LogP contribution is -2.32. The maximum Gasteiger partial charge on any atom is 0.274 e. The van der Waals surface area contributed by atoms with Gasteiger partial charge in [-0.05, 0) is 25.1 Å². The molecule has 3 rings (SSSR count). The van der Waals surface area contributed by atoms with Gasteiger partial charge in [-0.2, -0.15) is 0 Å². The molecule has 3 nitrogen and oxygen atoms in total. The lowest BCUT2D eigenvalue weighted by atomic mass is 10.0. The van der Waals surface area contributed by atoms with Crippen molar-refractivity contribution in [1.82, 2.24) is 4.98 Å². The standard InChI is InChI=1S/C14H11FN2O/c1-14(15)11-8-5-9-16-12(11)17(13(14)18)10-6-3-2-4-7-10/h2-9H,1H3/t14-/m1/s1. The summed E-state index contributed by atoms with van der Waals surface area (Å²) >= 11 is 0. The van der Waals surface area contributed by atoms with Gasteiger partial charge in [-0.15, -0.1) is 0 Å². The topological polar surface area (TPSA) is 33.2 Å². The number of aromatic nitrogens is 1. The van der Waals surface area contributed by atoms with E-state index in [2.05, 4.69) is 4.98 Å². The van der Waals surface area contributed by atoms with Crippen molar-refractivity contribution >= 4 is 17.4 Å². The van der Waals surface area contributed by atoms with Crippen LogP contribution in [0.1, 0.15) is 12.5 Å². The van der Waals surface area contributed by atoms with E-state index < -0.39 is 11.6 Å². The predicted molar refractivity (Wildman–Crippen MR) is 66.3 cm³/mol. The second kappa shape index (κ2) is 3.63. The molecule has 1 aliphatic rings. The van der Waals surface area contributed by atoms with E-state index in [1.165, 1.54) is 11.8 Å². The first-order chi connectivity index (χ1) is 8.62. The van der Waals surface area contributed by atoms with E-state index in [4.69, 9.17) is 0 Å². The van der Waals surface area contributed by atoms with Crippen LogP contribution >= 0.6 is 0 Å². The van der Waals surface area contributed by atoms with E-state index in [0.717, 1.165) is 0 Å². The Morgan fingerprint density at radius 1 is 1.17 bits per heavy atom. The summed E-state index contributed by atoms with van der Waals surface area (Å²) < 4.78 is 14.5. The third kappa shape index (κ3) is 1.35. The SMILES string of the molecule is C[C@]1(F)C(=O)N(c2ccccc2)c2ncccc21. The van der Waals surface area contributed by atoms with Gasteiger partial charge in [0, 0.05) is 11.8 Å². The third-order valence-electron chi connectivity index (χ3n) is 3.12. The smallest absolute Gasteiger partial charge is 0.270 e. The number of carbonyl (C=O) groups is 1. The molecule has 1 atom stereocenters. The lowest BCUT2D eigenvalue weighted by molar-refractivity contribution is -0.127. The van der Waals surface area contributed by atoms with Crippen molar-refractivity contribution in [2.24, 2.45) is 0 Å². The maximum atomic E-state index is 14.5. The number of anilines is 2. The summed E-state index contributed by atoms with van der Waals surface area (Å²) in [5, 5.41) is 0. The summed E-state index contributed by atoms with van der Waals surface area (Å²) in [6.07, 6.45) is 1.56. The molecule has 0 saturated heterocycles. The Morgan fingerprint density at radius 2 is 1.89 bits per heavy atom. The van der Waals surface area contributed by atoms with E-state index in [1.54, 1.807) is 42.6 Å². The Labute approximate surface area is 104 Å². The highest BCUT2D eigenvalue weighted by Crippen LogP contribution is 2.44. The fourth-order valence-electron chi connectivity index (χ4n) is 2.18. The van der Waals surface area contributed by atoms with Gasteiger partial charge in [-0.1, -0.05) is 24.3 Å². The first kappa shape index (κ1) is 10.9. The molecule has 0 spiro atoms. The number of para-hydroxylation sites is 1. The van der Waals surface area contributed by atoms with Crippen molar-refractivity contribution < 1.29 is 9.18 Å². The van der Waals surface area contributed by atoms with Crippen LogP contribution in [0.15, 0.2) is 48.7 Å². The van der Waals surface area contributed by atoms with Gasteiger partial charge >= 0.3 is 0 Å². The number of pyridine rings is 1. The molecule has 0 N–H and O–H groups in total. The largest absolute Gasteiger partial charge is 0.274 e. The number of amides is 1. The van der Waals surface area contributed by atoms with Crippen LogP contribution in [0.3, 0.4) is 0 Å². The molecule has 2 aromatic rings. The zero-order valence-electron chi connectivity index (χ0n) is 9.80. The van der Waals surface area contributed by atoms with E-state index in [0.29, 0.717) is 17.1 Å². The number of nitrogens with zero attached hydrogens (tertiary/aromatic N) is 2. The molecule has 18 heavy (non-hydrogen) atoms. The highest BCUT2D eigenvalue weighted by atomic mass is 19.1. The monoisotopic (exact) mass is 242 g/mol. The van der Waals surface area contributed by atoms with E-state index in [1.807, 2.05) is 6.07 Å². The normalized spacial score (nSPS) is 22.1. The van der Waals surface area contributed by atoms with Crippen LogP contribution in [0.5, 0.6) is 0 Å². The molecular weight excluding hydrogens is 231 g/mol. The second-order valence-electron chi connectivity index (χ2n) is 4.35. The van der Waals surface area contributed by atoms with Gasteiger partial charge < -0.3 is 0 Å². The molecule has 0 bridgehead atoms. The third-order valence-corrected chi connectivity index (χ3v) is 3.12. The van der Waals surface area contributed by atoms with Crippen molar-refractivity contribution in [1.29, 1.82) is 0 Å². The van der Waals surface area contributed by atoms with Crippen LogP contribution < -0.4 is 4.90 Å². The number of alkyl halides is 1. The predicted octanol–water partition coefficient (Wildman–Crippen LogP) is 2.94. The van der Waals surface area contributed by atoms with E-state index >= 15 is 0 Å². The number of hydrogen-bond donors (Lipinski definition) is 0. The van der Waals surface area contributed by atoms with Gasteiger partial charge in [0.15, 0.2) is 0 Å². The van der Waals surface area contributed by atoms with Crippen molar-refractivity contribution in [3.05, 3.63) is 54.2 Å². The van der Waals surface area contributed by atoms with Crippen molar-refractivity contribution in [3.63, 3.8) is 0 Å². The molecule has 0 fully saturated rings. The van der Waals surface area contributed by atoms with Crippen LogP contribution in [0.4, 0.5) is 15.9 Å². The molecule has 1 aromatic heterocycles. The number of rotatable bonds is 1. The number of fused-ring (bicyclic) bond motifs is 1. The molecule has 0 radical (unpaired) electrons. The Hall–Kier alpha value is -2.23. The molecular formula is C14H11FN2O. The number of hydrogen-bond acceptors (Lipinski definition) is 2. The zero-order chi connectivity index (χ0) is 12.8. The average molecular weight is 242 g/mol. The van der Waals surface area contributed by atoms with Gasteiger partial charge in [-0.25, -0.2) is 9.37 Å². The van der Waals surface area contributed by atoms with Gasteiger partial charge in [-0.3, -0.25) is 9.69 Å². The molecule has 2 heterocycles. The zero-order valence-corrected chi connectivity index (χ0v) is 9.80. The molecule has 0 unspecified atom stereocenters. The summed E-state index contributed by atoms with van der Waals surface area (Å²) in [5.41, 5.74) is -1.07. The fraction of sp³-hybridized carbons (Fsp3) is 0.143. The van der Waals surface area contributed by atoms with Crippen molar-refractivity contribution in [2.45, 2.75) is 12.6 Å². The Kier molecular flexibility index (Phi) is 2.20. The van der Waals surface area contributed by atoms with Crippen molar-refractivity contribution in [3.8, 4) is 0 Å². The lowest BCUT2D eigenvalue weighted by Gasteiger charge is -2.17. The summed E-state index contributed by atoms with van der Waals surface area (Å²) in [5.74, 6) is -0.221. The van der Waals surface area contributed by atoms with Gasteiger partial charge in [0.1, 0.15) is 5.82 Å². The number of benzene rings is 1. The highest BCUT2D eigenvalue weighted by molar-refractivity contribution is 6.10. The van der Waals surface area contributed by atoms with E-state index in [-0.39, 0.29) is 0 Å². The molecule has 90 valence electrons. The second-order valence-corrected chi connectivity index (χ2v) is 4.35. The minimum absolute atomic E-state index is 0.318.